The van der Waals surface area contributed by atoms with Crippen LogP contribution in [0.4, 0.5) is 0 Å². The molecule has 2 fully saturated rings. The van der Waals surface area contributed by atoms with Gasteiger partial charge in [-0.05, 0) is 29.9 Å². The van der Waals surface area contributed by atoms with Crippen LogP contribution in [0, 0.1) is 17.8 Å². The molecule has 2 N–H and O–H groups in total. The van der Waals surface area contributed by atoms with Crippen LogP contribution in [0.15, 0.2) is 54.8 Å². The van der Waals surface area contributed by atoms with Crippen molar-refractivity contribution in [3.8, 4) is 5.88 Å². The van der Waals surface area contributed by atoms with Crippen LogP contribution in [0.5, 0.6) is 5.88 Å². The van der Waals surface area contributed by atoms with Gasteiger partial charge in [0.25, 0.3) is 0 Å². The zero-order valence-corrected chi connectivity index (χ0v) is 16.4. The van der Waals surface area contributed by atoms with Crippen molar-refractivity contribution < 1.29 is 19.4 Å². The summed E-state index contributed by atoms with van der Waals surface area (Å²) in [7, 11) is 0. The molecule has 2 heterocycles. The Labute approximate surface area is 171 Å². The van der Waals surface area contributed by atoms with E-state index in [4.69, 9.17) is 9.47 Å². The lowest BCUT2D eigenvalue weighted by atomic mass is 10.0. The molecule has 4 rings (SSSR count). The number of allylic oxidation sites excluding steroid dienone is 6. The van der Waals surface area contributed by atoms with E-state index in [0.717, 1.165) is 24.8 Å². The number of nitrogens with zero attached hydrogens (tertiary/aromatic N) is 1. The molecule has 3 aliphatic rings. The SMILES string of the molecule is O=C(NC(CO)c1ccc(OC2CCOCC2)nc1)C1CC1C1C=CC=CC=C1. The minimum absolute atomic E-state index is 0.00408. The summed E-state index contributed by atoms with van der Waals surface area (Å²) in [6.45, 7) is 1.26. The number of ether oxygens (including phenoxy) is 2. The molecule has 1 saturated heterocycles. The van der Waals surface area contributed by atoms with E-state index >= 15 is 0 Å². The van der Waals surface area contributed by atoms with Crippen molar-refractivity contribution in [2.45, 2.75) is 31.4 Å². The molecule has 6 nitrogen and oxygen atoms in total. The maximum atomic E-state index is 12.7. The molecular formula is C23H28N2O4. The van der Waals surface area contributed by atoms with E-state index in [1.165, 1.54) is 0 Å². The molecule has 1 aromatic heterocycles. The number of aliphatic hydroxyl groups is 1. The number of nitrogens with one attached hydrogen (secondary N) is 1. The molecule has 154 valence electrons. The number of hydrogen-bond donors (Lipinski definition) is 2. The van der Waals surface area contributed by atoms with Gasteiger partial charge in [0.2, 0.25) is 11.8 Å². The maximum absolute atomic E-state index is 12.7. The molecule has 3 unspecified atom stereocenters. The molecular weight excluding hydrogens is 368 g/mol. The Balaban J connectivity index is 1.31. The average Bonchev–Trinajstić information content (AvgIpc) is 3.57. The first kappa shape index (κ1) is 19.9. The first-order valence-corrected chi connectivity index (χ1v) is 10.4. The summed E-state index contributed by atoms with van der Waals surface area (Å²) in [5, 5.41) is 12.8. The Morgan fingerprint density at radius 2 is 1.97 bits per heavy atom. The Bertz CT molecular complexity index is 765. The summed E-state index contributed by atoms with van der Waals surface area (Å²) in [6, 6.07) is 3.19. The first-order valence-electron chi connectivity index (χ1n) is 10.4. The molecule has 2 aliphatic carbocycles. The normalized spacial score (nSPS) is 25.4. The first-order chi connectivity index (χ1) is 14.2. The lowest BCUT2D eigenvalue weighted by Gasteiger charge is -2.23. The summed E-state index contributed by atoms with van der Waals surface area (Å²) in [5.74, 6) is 1.17. The molecule has 3 atom stereocenters. The fourth-order valence-corrected chi connectivity index (χ4v) is 3.95. The molecule has 0 aromatic carbocycles. The Hall–Kier alpha value is -2.44. The number of aromatic nitrogens is 1. The van der Waals surface area contributed by atoms with Gasteiger partial charge in [-0.3, -0.25) is 4.79 Å². The van der Waals surface area contributed by atoms with Gasteiger partial charge in [-0.2, -0.15) is 0 Å². The molecule has 29 heavy (non-hydrogen) atoms. The number of pyridine rings is 1. The Morgan fingerprint density at radius 1 is 1.21 bits per heavy atom. The smallest absolute Gasteiger partial charge is 0.223 e. The third-order valence-electron chi connectivity index (χ3n) is 5.79. The summed E-state index contributed by atoms with van der Waals surface area (Å²) >= 11 is 0. The summed E-state index contributed by atoms with van der Waals surface area (Å²) in [6.07, 6.45) is 16.7. The molecule has 0 bridgehead atoms. The number of carbonyl (C=O) groups is 1. The van der Waals surface area contributed by atoms with E-state index in [1.54, 1.807) is 12.3 Å². The number of carbonyl (C=O) groups excluding carboxylic acids is 1. The molecule has 1 saturated carbocycles. The third kappa shape index (κ3) is 5.14. The van der Waals surface area contributed by atoms with E-state index in [9.17, 15) is 9.90 Å². The highest BCUT2D eigenvalue weighted by molar-refractivity contribution is 5.82. The predicted molar refractivity (Wildman–Crippen MR) is 109 cm³/mol. The van der Waals surface area contributed by atoms with Crippen LogP contribution in [0.25, 0.3) is 0 Å². The minimum atomic E-state index is -0.463. The lowest BCUT2D eigenvalue weighted by Crippen LogP contribution is -2.32. The second-order valence-corrected chi connectivity index (χ2v) is 7.84. The monoisotopic (exact) mass is 396 g/mol. The van der Waals surface area contributed by atoms with Crippen LogP contribution in [0.2, 0.25) is 0 Å². The molecule has 0 spiro atoms. The molecule has 1 amide bonds. The van der Waals surface area contributed by atoms with Gasteiger partial charge in [-0.25, -0.2) is 4.98 Å². The van der Waals surface area contributed by atoms with Crippen LogP contribution < -0.4 is 10.1 Å². The summed E-state index contributed by atoms with van der Waals surface area (Å²) in [4.78, 5) is 17.0. The van der Waals surface area contributed by atoms with E-state index < -0.39 is 6.04 Å². The van der Waals surface area contributed by atoms with Crippen molar-refractivity contribution in [2.75, 3.05) is 19.8 Å². The number of amides is 1. The largest absolute Gasteiger partial charge is 0.474 e. The van der Waals surface area contributed by atoms with Crippen LogP contribution in [0.3, 0.4) is 0 Å². The number of hydrogen-bond acceptors (Lipinski definition) is 5. The van der Waals surface area contributed by atoms with Crippen LogP contribution in [-0.2, 0) is 9.53 Å². The van der Waals surface area contributed by atoms with Crippen LogP contribution in [-0.4, -0.2) is 41.9 Å². The van der Waals surface area contributed by atoms with E-state index in [2.05, 4.69) is 22.5 Å². The Kier molecular flexibility index (Phi) is 6.42. The highest BCUT2D eigenvalue weighted by Crippen LogP contribution is 2.46. The van der Waals surface area contributed by atoms with Crippen molar-refractivity contribution in [3.63, 3.8) is 0 Å². The average molecular weight is 396 g/mol. The van der Waals surface area contributed by atoms with Crippen molar-refractivity contribution >= 4 is 5.91 Å². The molecule has 1 aliphatic heterocycles. The van der Waals surface area contributed by atoms with E-state index in [-0.39, 0.29) is 30.5 Å². The highest BCUT2D eigenvalue weighted by atomic mass is 16.5. The topological polar surface area (TPSA) is 80.7 Å². The lowest BCUT2D eigenvalue weighted by molar-refractivity contribution is -0.123. The molecule has 1 aromatic rings. The van der Waals surface area contributed by atoms with Gasteiger partial charge in [0.1, 0.15) is 6.10 Å². The van der Waals surface area contributed by atoms with Crippen molar-refractivity contribution in [1.29, 1.82) is 0 Å². The van der Waals surface area contributed by atoms with Crippen LogP contribution >= 0.6 is 0 Å². The van der Waals surface area contributed by atoms with Crippen molar-refractivity contribution in [2.24, 2.45) is 17.8 Å². The minimum Gasteiger partial charge on any atom is -0.474 e. The van der Waals surface area contributed by atoms with Gasteiger partial charge in [0, 0.05) is 31.0 Å². The van der Waals surface area contributed by atoms with E-state index in [1.807, 2.05) is 30.4 Å². The van der Waals surface area contributed by atoms with Gasteiger partial charge < -0.3 is 19.9 Å². The quantitative estimate of drug-likeness (QED) is 0.741. The number of rotatable bonds is 7. The van der Waals surface area contributed by atoms with Crippen molar-refractivity contribution in [1.82, 2.24) is 10.3 Å². The second-order valence-electron chi connectivity index (χ2n) is 7.84. The van der Waals surface area contributed by atoms with Gasteiger partial charge in [-0.15, -0.1) is 0 Å². The third-order valence-corrected chi connectivity index (χ3v) is 5.79. The fraction of sp³-hybridized carbons (Fsp3) is 0.478. The van der Waals surface area contributed by atoms with Crippen molar-refractivity contribution in [3.05, 3.63) is 60.3 Å². The number of aliphatic hydroxyl groups excluding tert-OH is 1. The maximum Gasteiger partial charge on any atom is 0.223 e. The van der Waals surface area contributed by atoms with E-state index in [0.29, 0.717) is 25.0 Å². The zero-order chi connectivity index (χ0) is 20.1. The summed E-state index contributed by atoms with van der Waals surface area (Å²) in [5.41, 5.74) is 0.774. The van der Waals surface area contributed by atoms with Gasteiger partial charge in [0.15, 0.2) is 0 Å². The van der Waals surface area contributed by atoms with Gasteiger partial charge >= 0.3 is 0 Å². The molecule has 0 radical (unpaired) electrons. The van der Waals surface area contributed by atoms with Gasteiger partial charge in [-0.1, -0.05) is 36.5 Å². The summed E-state index contributed by atoms with van der Waals surface area (Å²) < 4.78 is 11.2. The highest BCUT2D eigenvalue weighted by Gasteiger charge is 2.46. The zero-order valence-electron chi connectivity index (χ0n) is 16.4. The van der Waals surface area contributed by atoms with Crippen LogP contribution in [0.1, 0.15) is 30.9 Å². The fourth-order valence-electron chi connectivity index (χ4n) is 3.95. The predicted octanol–water partition coefficient (Wildman–Crippen LogP) is 2.72. The van der Waals surface area contributed by atoms with Gasteiger partial charge in [0.05, 0.1) is 25.9 Å². The standard InChI is InChI=1S/C23H28N2O4/c26-15-21(17-7-8-22(24-14-17)29-18-9-11-28-12-10-18)25-23(27)20-13-19(20)16-5-3-1-2-4-6-16/h1-8,14,16,18-21,26H,9-13,15H2,(H,25,27). The second kappa shape index (κ2) is 9.37. The Morgan fingerprint density at radius 3 is 2.62 bits per heavy atom. The molecule has 6 heteroatoms.